The zero-order valence-electron chi connectivity index (χ0n) is 9.51. The van der Waals surface area contributed by atoms with Crippen molar-refractivity contribution in [3.05, 3.63) is 29.8 Å². The van der Waals surface area contributed by atoms with E-state index in [9.17, 15) is 4.79 Å². The number of aliphatic hydroxyl groups excluding tert-OH is 1. The first kappa shape index (κ1) is 13.0. The lowest BCUT2D eigenvalue weighted by atomic mass is 10.2. The molecule has 1 unspecified atom stereocenters. The van der Waals surface area contributed by atoms with E-state index in [1.54, 1.807) is 31.2 Å². The molecule has 5 heteroatoms. The number of carbonyl (C=O) groups is 1. The zero-order valence-corrected chi connectivity index (χ0v) is 9.51. The Morgan fingerprint density at radius 1 is 1.59 bits per heavy atom. The molecule has 0 saturated heterocycles. The van der Waals surface area contributed by atoms with Crippen molar-refractivity contribution in [3.8, 4) is 11.8 Å². The van der Waals surface area contributed by atoms with Gasteiger partial charge in [0.25, 0.3) is 5.91 Å². The van der Waals surface area contributed by atoms with Gasteiger partial charge >= 0.3 is 0 Å². The summed E-state index contributed by atoms with van der Waals surface area (Å²) in [5.74, 6) is 0.0427. The van der Waals surface area contributed by atoms with Crippen LogP contribution in [0.4, 0.5) is 0 Å². The Hall–Kier alpha value is -2.06. The topological polar surface area (TPSA) is 82.3 Å². The summed E-state index contributed by atoms with van der Waals surface area (Å²) in [6, 6.07) is 8.36. The normalized spacial score (nSPS) is 11.4. The lowest BCUT2D eigenvalue weighted by molar-refractivity contribution is -0.124. The highest BCUT2D eigenvalue weighted by atomic mass is 16.5. The lowest BCUT2D eigenvalue weighted by Gasteiger charge is -2.11. The Kier molecular flexibility index (Phi) is 4.98. The molecule has 0 fully saturated rings. The molecule has 0 saturated carbocycles. The van der Waals surface area contributed by atoms with Crippen molar-refractivity contribution in [3.63, 3.8) is 0 Å². The molecule has 2 N–H and O–H groups in total. The zero-order chi connectivity index (χ0) is 12.7. The van der Waals surface area contributed by atoms with Crippen molar-refractivity contribution >= 4 is 5.91 Å². The quantitative estimate of drug-likeness (QED) is 0.774. The number of para-hydroxylation sites is 1. The predicted molar refractivity (Wildman–Crippen MR) is 61.3 cm³/mol. The smallest absolute Gasteiger partial charge is 0.258 e. The van der Waals surface area contributed by atoms with Crippen molar-refractivity contribution in [1.29, 1.82) is 5.26 Å². The van der Waals surface area contributed by atoms with Gasteiger partial charge in [-0.15, -0.1) is 0 Å². The number of rotatable bonds is 5. The van der Waals surface area contributed by atoms with Crippen LogP contribution in [0, 0.1) is 11.3 Å². The molecule has 0 spiro atoms. The van der Waals surface area contributed by atoms with Gasteiger partial charge in [-0.2, -0.15) is 5.26 Å². The highest BCUT2D eigenvalue weighted by molar-refractivity contribution is 5.77. The van der Waals surface area contributed by atoms with E-state index in [1.165, 1.54) is 0 Å². The number of amides is 1. The van der Waals surface area contributed by atoms with Crippen LogP contribution in [0.2, 0.25) is 0 Å². The number of hydrogen-bond donors (Lipinski definition) is 2. The second-order valence-corrected chi connectivity index (χ2v) is 3.55. The number of benzene rings is 1. The number of aliphatic hydroxyl groups is 1. The first-order chi connectivity index (χ1) is 8.17. The van der Waals surface area contributed by atoms with Crippen LogP contribution in [0.1, 0.15) is 12.5 Å². The fourth-order valence-corrected chi connectivity index (χ4v) is 1.19. The van der Waals surface area contributed by atoms with E-state index < -0.39 is 0 Å². The van der Waals surface area contributed by atoms with Crippen molar-refractivity contribution in [1.82, 2.24) is 5.32 Å². The number of ether oxygens (including phenoxy) is 1. The minimum Gasteiger partial charge on any atom is -0.482 e. The summed E-state index contributed by atoms with van der Waals surface area (Å²) in [5.41, 5.74) is 0.385. The Labute approximate surface area is 99.6 Å². The van der Waals surface area contributed by atoms with Crippen molar-refractivity contribution in [2.24, 2.45) is 0 Å². The molecule has 0 aromatic heterocycles. The molecular formula is C12H14N2O3. The van der Waals surface area contributed by atoms with Gasteiger partial charge in [-0.05, 0) is 19.1 Å². The van der Waals surface area contributed by atoms with Crippen molar-refractivity contribution in [2.75, 3.05) is 13.2 Å². The molecule has 0 aliphatic rings. The van der Waals surface area contributed by atoms with Gasteiger partial charge in [0.1, 0.15) is 11.8 Å². The van der Waals surface area contributed by atoms with E-state index in [0.29, 0.717) is 11.3 Å². The van der Waals surface area contributed by atoms with Gasteiger partial charge in [-0.1, -0.05) is 12.1 Å². The first-order valence-corrected chi connectivity index (χ1v) is 5.19. The lowest BCUT2D eigenvalue weighted by Crippen LogP contribution is -2.38. The molecule has 1 atom stereocenters. The summed E-state index contributed by atoms with van der Waals surface area (Å²) >= 11 is 0. The van der Waals surface area contributed by atoms with Crippen LogP contribution < -0.4 is 10.1 Å². The van der Waals surface area contributed by atoms with Gasteiger partial charge in [0.05, 0.1) is 12.2 Å². The molecule has 1 rings (SSSR count). The molecule has 1 aromatic rings. The van der Waals surface area contributed by atoms with Crippen LogP contribution in [0.3, 0.4) is 0 Å². The second kappa shape index (κ2) is 6.51. The molecule has 1 aromatic carbocycles. The molecular weight excluding hydrogens is 220 g/mol. The standard InChI is InChI=1S/C12H14N2O3/c1-9(7-15)14-12(16)8-17-11-5-3-2-4-10(11)6-13/h2-5,9,15H,7-8H2,1H3,(H,14,16). The molecule has 0 aliphatic carbocycles. The monoisotopic (exact) mass is 234 g/mol. The highest BCUT2D eigenvalue weighted by Gasteiger charge is 2.08. The van der Waals surface area contributed by atoms with Gasteiger partial charge in [-0.3, -0.25) is 4.79 Å². The maximum atomic E-state index is 11.4. The van der Waals surface area contributed by atoms with Gasteiger partial charge < -0.3 is 15.2 Å². The molecule has 0 radical (unpaired) electrons. The number of carbonyl (C=O) groups excluding carboxylic acids is 1. The van der Waals surface area contributed by atoms with Crippen LogP contribution in [0.15, 0.2) is 24.3 Å². The highest BCUT2D eigenvalue weighted by Crippen LogP contribution is 2.15. The van der Waals surface area contributed by atoms with Crippen molar-refractivity contribution in [2.45, 2.75) is 13.0 Å². The van der Waals surface area contributed by atoms with E-state index in [0.717, 1.165) is 0 Å². The molecule has 5 nitrogen and oxygen atoms in total. The van der Waals surface area contributed by atoms with Crippen LogP contribution in [0.5, 0.6) is 5.75 Å². The molecule has 0 heterocycles. The van der Waals surface area contributed by atoms with Gasteiger partial charge in [0, 0.05) is 6.04 Å². The number of nitrogens with one attached hydrogen (secondary N) is 1. The minimum atomic E-state index is -0.334. The Morgan fingerprint density at radius 3 is 2.94 bits per heavy atom. The third kappa shape index (κ3) is 4.13. The summed E-state index contributed by atoms with van der Waals surface area (Å²) in [4.78, 5) is 11.4. The fourth-order valence-electron chi connectivity index (χ4n) is 1.19. The molecule has 90 valence electrons. The average molecular weight is 234 g/mol. The SMILES string of the molecule is CC(CO)NC(=O)COc1ccccc1C#N. The van der Waals surface area contributed by atoms with Gasteiger partial charge in [-0.25, -0.2) is 0 Å². The minimum absolute atomic E-state index is 0.124. The summed E-state index contributed by atoms with van der Waals surface area (Å²) in [7, 11) is 0. The predicted octanol–water partition coefficient (Wildman–Crippen LogP) is 0.434. The maximum Gasteiger partial charge on any atom is 0.258 e. The third-order valence-corrected chi connectivity index (χ3v) is 2.05. The fraction of sp³-hybridized carbons (Fsp3) is 0.333. The van der Waals surface area contributed by atoms with Crippen LogP contribution in [-0.4, -0.2) is 30.3 Å². The summed E-state index contributed by atoms with van der Waals surface area (Å²) in [6.07, 6.45) is 0. The second-order valence-electron chi connectivity index (χ2n) is 3.55. The molecule has 17 heavy (non-hydrogen) atoms. The van der Waals surface area contributed by atoms with E-state index in [4.69, 9.17) is 15.1 Å². The third-order valence-electron chi connectivity index (χ3n) is 2.05. The molecule has 0 bridgehead atoms. The van der Waals surface area contributed by atoms with Gasteiger partial charge in [0.15, 0.2) is 6.61 Å². The maximum absolute atomic E-state index is 11.4. The van der Waals surface area contributed by atoms with Crippen molar-refractivity contribution < 1.29 is 14.6 Å². The largest absolute Gasteiger partial charge is 0.482 e. The van der Waals surface area contributed by atoms with Crippen LogP contribution in [0.25, 0.3) is 0 Å². The first-order valence-electron chi connectivity index (χ1n) is 5.19. The van der Waals surface area contributed by atoms with E-state index in [-0.39, 0.29) is 25.2 Å². The van der Waals surface area contributed by atoms with Gasteiger partial charge in [0.2, 0.25) is 0 Å². The Morgan fingerprint density at radius 2 is 2.29 bits per heavy atom. The summed E-state index contributed by atoms with van der Waals surface area (Å²) in [6.45, 7) is 1.38. The van der Waals surface area contributed by atoms with E-state index >= 15 is 0 Å². The Balaban J connectivity index is 2.51. The van der Waals surface area contributed by atoms with Crippen LogP contribution >= 0.6 is 0 Å². The molecule has 1 amide bonds. The summed E-state index contributed by atoms with van der Waals surface area (Å²) < 4.78 is 5.22. The van der Waals surface area contributed by atoms with Crippen LogP contribution in [-0.2, 0) is 4.79 Å². The summed E-state index contributed by atoms with van der Waals surface area (Å²) in [5, 5.41) is 20.1. The average Bonchev–Trinajstić information content (AvgIpc) is 2.36. The Bertz CT molecular complexity index is 426. The number of nitriles is 1. The van der Waals surface area contributed by atoms with E-state index in [2.05, 4.69) is 5.32 Å². The number of nitrogens with zero attached hydrogens (tertiary/aromatic N) is 1. The number of hydrogen-bond acceptors (Lipinski definition) is 4. The molecule has 0 aliphatic heterocycles. The van der Waals surface area contributed by atoms with E-state index in [1.807, 2.05) is 6.07 Å².